The van der Waals surface area contributed by atoms with Gasteiger partial charge in [-0.25, -0.2) is 0 Å². The van der Waals surface area contributed by atoms with E-state index in [0.717, 1.165) is 12.2 Å². The molecule has 0 heterocycles. The van der Waals surface area contributed by atoms with Gasteiger partial charge in [-0.15, -0.1) is 12.1 Å². The molecule has 1 aromatic carbocycles. The first-order valence-corrected chi connectivity index (χ1v) is 4.08. The van der Waals surface area contributed by atoms with Crippen LogP contribution in [0, 0.1) is 6.07 Å². The fourth-order valence-electron chi connectivity index (χ4n) is 0.854. The third-order valence-electron chi connectivity index (χ3n) is 1.48. The molecule has 0 atom stereocenters. The summed E-state index contributed by atoms with van der Waals surface area (Å²) in [6, 6.07) is 10.2. The van der Waals surface area contributed by atoms with Gasteiger partial charge in [0.05, 0.1) is 13.3 Å². The molecular formula is C10H12BrFMgO. The van der Waals surface area contributed by atoms with Gasteiger partial charge in [-0.2, -0.15) is 18.2 Å². The molecule has 0 spiro atoms. The van der Waals surface area contributed by atoms with Gasteiger partial charge in [0.25, 0.3) is 0 Å². The predicted molar refractivity (Wildman–Crippen MR) is 51.7 cm³/mol. The van der Waals surface area contributed by atoms with Gasteiger partial charge in [-0.1, -0.05) is 0 Å². The second kappa shape index (κ2) is 11.3. The van der Waals surface area contributed by atoms with Gasteiger partial charge in [0, 0.05) is 5.75 Å². The summed E-state index contributed by atoms with van der Waals surface area (Å²) < 4.78 is 17.0. The van der Waals surface area contributed by atoms with Crippen molar-refractivity contribution in [1.82, 2.24) is 0 Å². The van der Waals surface area contributed by atoms with Crippen molar-refractivity contribution in [3.63, 3.8) is 0 Å². The zero-order valence-electron chi connectivity index (χ0n) is 8.01. The zero-order valence-corrected chi connectivity index (χ0v) is 11.0. The van der Waals surface area contributed by atoms with Crippen LogP contribution in [0.4, 0.5) is 4.39 Å². The van der Waals surface area contributed by atoms with E-state index in [9.17, 15) is 4.39 Å². The van der Waals surface area contributed by atoms with Crippen molar-refractivity contribution in [2.75, 3.05) is 13.3 Å². The van der Waals surface area contributed by atoms with Crippen LogP contribution in [0.2, 0.25) is 0 Å². The van der Waals surface area contributed by atoms with Crippen LogP contribution in [0.1, 0.15) is 12.8 Å². The molecule has 0 radical (unpaired) electrons. The standard InChI is InChI=1S/C10H12FO.BrH.Mg/c11-8-4-5-9-12-10-6-2-1-3-7-10;;/h2-3,6-7H,4-5,8-9H2;1H;/q-1;;+2/p-1. The molecule has 0 saturated carbocycles. The molecule has 1 nitrogen and oxygen atoms in total. The number of ether oxygens (including phenoxy) is 1. The molecule has 0 fully saturated rings. The molecule has 0 aliphatic heterocycles. The Morgan fingerprint density at radius 2 is 1.86 bits per heavy atom. The van der Waals surface area contributed by atoms with E-state index in [1.54, 1.807) is 12.1 Å². The normalized spacial score (nSPS) is 8.36. The smallest absolute Gasteiger partial charge is 1.00 e. The van der Waals surface area contributed by atoms with E-state index >= 15 is 0 Å². The van der Waals surface area contributed by atoms with Crippen molar-refractivity contribution in [1.29, 1.82) is 0 Å². The van der Waals surface area contributed by atoms with Crippen LogP contribution >= 0.6 is 0 Å². The average Bonchev–Trinajstić information content (AvgIpc) is 2.14. The van der Waals surface area contributed by atoms with Gasteiger partial charge >= 0.3 is 23.1 Å². The van der Waals surface area contributed by atoms with Crippen molar-refractivity contribution >= 4 is 23.1 Å². The number of unbranched alkanes of at least 4 members (excludes halogenated alkanes) is 1. The zero-order chi connectivity index (χ0) is 8.65. The van der Waals surface area contributed by atoms with Gasteiger partial charge in [-0.05, 0) is 12.8 Å². The average molecular weight is 271 g/mol. The molecule has 14 heavy (non-hydrogen) atoms. The monoisotopic (exact) mass is 270 g/mol. The minimum absolute atomic E-state index is 0. The van der Waals surface area contributed by atoms with E-state index in [-0.39, 0.29) is 46.7 Å². The summed E-state index contributed by atoms with van der Waals surface area (Å²) in [5.41, 5.74) is 0. The maximum atomic E-state index is 11.7. The molecule has 0 bridgehead atoms. The summed E-state index contributed by atoms with van der Waals surface area (Å²) in [6.45, 7) is 0.333. The molecule has 0 aliphatic carbocycles. The van der Waals surface area contributed by atoms with E-state index in [2.05, 4.69) is 6.07 Å². The van der Waals surface area contributed by atoms with Gasteiger partial charge in [0.1, 0.15) is 0 Å². The van der Waals surface area contributed by atoms with Gasteiger partial charge in [0.2, 0.25) is 0 Å². The number of alkyl halides is 1. The molecule has 0 aromatic heterocycles. The number of hydrogen-bond acceptors (Lipinski definition) is 1. The first kappa shape index (κ1) is 16.6. The van der Waals surface area contributed by atoms with Gasteiger partial charge in [-0.3, -0.25) is 4.39 Å². The Hall–Kier alpha value is 0.196. The number of hydrogen-bond donors (Lipinski definition) is 0. The summed E-state index contributed by atoms with van der Waals surface area (Å²) in [7, 11) is 0. The quantitative estimate of drug-likeness (QED) is 0.389. The maximum absolute atomic E-state index is 11.7. The molecule has 1 rings (SSSR count). The van der Waals surface area contributed by atoms with E-state index in [1.165, 1.54) is 0 Å². The Morgan fingerprint density at radius 1 is 1.21 bits per heavy atom. The van der Waals surface area contributed by atoms with Crippen LogP contribution < -0.4 is 21.7 Å². The number of benzene rings is 1. The molecule has 0 unspecified atom stereocenters. The molecule has 4 heteroatoms. The van der Waals surface area contributed by atoms with Crippen molar-refractivity contribution in [3.05, 3.63) is 30.3 Å². The van der Waals surface area contributed by atoms with Crippen LogP contribution in [0.15, 0.2) is 24.3 Å². The first-order valence-electron chi connectivity index (χ1n) is 4.08. The van der Waals surface area contributed by atoms with E-state index < -0.39 is 0 Å². The van der Waals surface area contributed by atoms with Gasteiger partial charge in [0.15, 0.2) is 0 Å². The summed E-state index contributed by atoms with van der Waals surface area (Å²) >= 11 is 0. The third kappa shape index (κ3) is 7.59. The minimum Gasteiger partial charge on any atom is -1.00 e. The van der Waals surface area contributed by atoms with E-state index in [4.69, 9.17) is 4.74 Å². The molecule has 0 aliphatic rings. The minimum atomic E-state index is -0.258. The van der Waals surface area contributed by atoms with Crippen molar-refractivity contribution in [3.8, 4) is 5.75 Å². The predicted octanol–water partition coefficient (Wildman–Crippen LogP) is -0.762. The Bertz CT molecular complexity index is 209. The van der Waals surface area contributed by atoms with Crippen LogP contribution in [0.3, 0.4) is 0 Å². The summed E-state index contributed by atoms with van der Waals surface area (Å²) in [6.07, 6.45) is 1.36. The van der Waals surface area contributed by atoms with E-state index in [0.29, 0.717) is 13.0 Å². The topological polar surface area (TPSA) is 9.23 Å². The van der Waals surface area contributed by atoms with Crippen molar-refractivity contribution < 1.29 is 26.1 Å². The summed E-state index contributed by atoms with van der Waals surface area (Å²) in [4.78, 5) is 0. The molecule has 1 aromatic rings. The van der Waals surface area contributed by atoms with Crippen LogP contribution in [0.5, 0.6) is 5.75 Å². The summed E-state index contributed by atoms with van der Waals surface area (Å²) in [5.74, 6) is 0.826. The Kier molecular flexibility index (Phi) is 13.4. The summed E-state index contributed by atoms with van der Waals surface area (Å²) in [5, 5.41) is 0. The SMILES string of the molecule is FCCCCOc1cc[c-]cc1.[Br-].[Mg+2]. The fourth-order valence-corrected chi connectivity index (χ4v) is 0.854. The van der Waals surface area contributed by atoms with Crippen LogP contribution in [-0.4, -0.2) is 36.3 Å². The molecule has 0 N–H and O–H groups in total. The van der Waals surface area contributed by atoms with E-state index in [1.807, 2.05) is 12.1 Å². The van der Waals surface area contributed by atoms with Crippen molar-refractivity contribution in [2.24, 2.45) is 0 Å². The van der Waals surface area contributed by atoms with Gasteiger partial charge < -0.3 is 21.7 Å². The maximum Gasteiger partial charge on any atom is 2.00 e. The molecule has 0 saturated heterocycles. The Balaban J connectivity index is 0. The van der Waals surface area contributed by atoms with Crippen LogP contribution in [-0.2, 0) is 0 Å². The Morgan fingerprint density at radius 3 is 2.43 bits per heavy atom. The molecule has 74 valence electrons. The Labute approximate surface area is 111 Å². The second-order valence-electron chi connectivity index (χ2n) is 2.48. The largest absolute Gasteiger partial charge is 2.00 e. The fraction of sp³-hybridized carbons (Fsp3) is 0.400. The first-order chi connectivity index (χ1) is 5.93. The molecule has 0 amide bonds. The van der Waals surface area contributed by atoms with Crippen LogP contribution in [0.25, 0.3) is 0 Å². The second-order valence-corrected chi connectivity index (χ2v) is 2.48. The van der Waals surface area contributed by atoms with Crippen molar-refractivity contribution in [2.45, 2.75) is 12.8 Å². The number of halogens is 2. The number of rotatable bonds is 5. The third-order valence-corrected chi connectivity index (χ3v) is 1.48. The molecular weight excluding hydrogens is 259 g/mol.